The monoisotopic (exact) mass is 196 g/mol. The van der Waals surface area contributed by atoms with Crippen LogP contribution in [0.5, 0.6) is 0 Å². The highest BCUT2D eigenvalue weighted by Gasteiger charge is 1.89. The van der Waals surface area contributed by atoms with E-state index in [1.54, 1.807) is 0 Å². The van der Waals surface area contributed by atoms with Crippen LogP contribution in [0.4, 0.5) is 0 Å². The summed E-state index contributed by atoms with van der Waals surface area (Å²) < 4.78 is 0. The van der Waals surface area contributed by atoms with E-state index in [1.165, 1.54) is 38.5 Å². The average molecular weight is 196 g/mol. The first kappa shape index (κ1) is 13.4. The number of allylic oxidation sites excluding steroid dienone is 3. The van der Waals surface area contributed by atoms with Crippen LogP contribution in [0.15, 0.2) is 24.8 Å². The van der Waals surface area contributed by atoms with E-state index in [4.69, 9.17) is 5.11 Å². The van der Waals surface area contributed by atoms with Crippen molar-refractivity contribution in [1.82, 2.24) is 0 Å². The van der Waals surface area contributed by atoms with Gasteiger partial charge in [0, 0.05) is 6.61 Å². The van der Waals surface area contributed by atoms with E-state index in [9.17, 15) is 0 Å². The molecule has 0 saturated carbocycles. The molecule has 0 saturated heterocycles. The zero-order chi connectivity index (χ0) is 10.5. The van der Waals surface area contributed by atoms with Crippen LogP contribution < -0.4 is 0 Å². The number of aliphatic hydroxyl groups excluding tert-OH is 1. The fourth-order valence-electron chi connectivity index (χ4n) is 1.39. The normalized spacial score (nSPS) is 10.9. The second-order valence-electron chi connectivity index (χ2n) is 3.63. The Labute approximate surface area is 88.5 Å². The van der Waals surface area contributed by atoms with Gasteiger partial charge in [-0.05, 0) is 25.7 Å². The van der Waals surface area contributed by atoms with Gasteiger partial charge >= 0.3 is 0 Å². The van der Waals surface area contributed by atoms with Crippen LogP contribution in [0.25, 0.3) is 0 Å². The molecule has 0 rings (SSSR count). The molecule has 0 unspecified atom stereocenters. The fourth-order valence-corrected chi connectivity index (χ4v) is 1.39. The minimum absolute atomic E-state index is 0.351. The van der Waals surface area contributed by atoms with E-state index >= 15 is 0 Å². The molecule has 0 radical (unpaired) electrons. The van der Waals surface area contributed by atoms with Gasteiger partial charge in [0.1, 0.15) is 0 Å². The first-order chi connectivity index (χ1) is 6.91. The number of rotatable bonds is 10. The highest BCUT2D eigenvalue weighted by molar-refractivity contribution is 4.87. The van der Waals surface area contributed by atoms with Crippen LogP contribution in [-0.2, 0) is 0 Å². The zero-order valence-electron chi connectivity index (χ0n) is 9.25. The number of unbranched alkanes of at least 4 members (excludes halogenated alkanes) is 6. The van der Waals surface area contributed by atoms with Gasteiger partial charge in [0.25, 0.3) is 0 Å². The van der Waals surface area contributed by atoms with Crippen molar-refractivity contribution in [3.05, 3.63) is 24.8 Å². The van der Waals surface area contributed by atoms with Crippen LogP contribution in [0, 0.1) is 0 Å². The van der Waals surface area contributed by atoms with Crippen molar-refractivity contribution in [2.75, 3.05) is 6.61 Å². The van der Waals surface area contributed by atoms with Crippen LogP contribution in [0.1, 0.15) is 51.4 Å². The average Bonchev–Trinajstić information content (AvgIpc) is 2.21. The molecule has 82 valence electrons. The van der Waals surface area contributed by atoms with Crippen LogP contribution in [0.3, 0.4) is 0 Å². The minimum Gasteiger partial charge on any atom is -0.396 e. The van der Waals surface area contributed by atoms with Crippen LogP contribution in [-0.4, -0.2) is 11.7 Å². The molecule has 1 nitrogen and oxygen atoms in total. The summed E-state index contributed by atoms with van der Waals surface area (Å²) in [5, 5.41) is 8.57. The summed E-state index contributed by atoms with van der Waals surface area (Å²) in [7, 11) is 0. The number of hydrogen-bond acceptors (Lipinski definition) is 1. The summed E-state index contributed by atoms with van der Waals surface area (Å²) in [5.41, 5.74) is 0. The summed E-state index contributed by atoms with van der Waals surface area (Å²) in [5.74, 6) is 0. The lowest BCUT2D eigenvalue weighted by atomic mass is 10.1. The summed E-state index contributed by atoms with van der Waals surface area (Å²) in [6, 6.07) is 0. The Balaban J connectivity index is 2.95. The van der Waals surface area contributed by atoms with Crippen LogP contribution in [0.2, 0.25) is 0 Å². The Bertz CT molecular complexity index is 138. The van der Waals surface area contributed by atoms with E-state index in [2.05, 4.69) is 18.7 Å². The Hall–Kier alpha value is -0.560. The van der Waals surface area contributed by atoms with Gasteiger partial charge in [-0.15, -0.1) is 6.58 Å². The van der Waals surface area contributed by atoms with Gasteiger partial charge in [-0.2, -0.15) is 0 Å². The third kappa shape index (κ3) is 11.4. The van der Waals surface area contributed by atoms with E-state index in [1.807, 2.05) is 6.08 Å². The Morgan fingerprint density at radius 1 is 0.857 bits per heavy atom. The van der Waals surface area contributed by atoms with Crippen molar-refractivity contribution >= 4 is 0 Å². The molecule has 0 spiro atoms. The van der Waals surface area contributed by atoms with Crippen molar-refractivity contribution in [3.63, 3.8) is 0 Å². The number of aliphatic hydroxyl groups is 1. The molecule has 0 fully saturated rings. The van der Waals surface area contributed by atoms with Gasteiger partial charge < -0.3 is 5.11 Å². The van der Waals surface area contributed by atoms with Gasteiger partial charge in [-0.25, -0.2) is 0 Å². The SMILES string of the molecule is C=CC/C=C\CCCCCCCCO. The lowest BCUT2D eigenvalue weighted by molar-refractivity contribution is 0.282. The summed E-state index contributed by atoms with van der Waals surface area (Å²) >= 11 is 0. The van der Waals surface area contributed by atoms with Gasteiger partial charge in [-0.1, -0.05) is 43.9 Å². The smallest absolute Gasteiger partial charge is 0.0431 e. The lowest BCUT2D eigenvalue weighted by Crippen LogP contribution is -1.83. The summed E-state index contributed by atoms with van der Waals surface area (Å²) in [6.07, 6.45) is 15.9. The lowest BCUT2D eigenvalue weighted by Gasteiger charge is -1.98. The molecular formula is C13H24O. The molecule has 0 aromatic rings. The molecule has 0 aliphatic rings. The molecule has 0 bridgehead atoms. The molecule has 0 amide bonds. The van der Waals surface area contributed by atoms with E-state index in [0.717, 1.165) is 12.8 Å². The van der Waals surface area contributed by atoms with Crippen LogP contribution >= 0.6 is 0 Å². The van der Waals surface area contributed by atoms with Gasteiger partial charge in [0.15, 0.2) is 0 Å². The van der Waals surface area contributed by atoms with E-state index < -0.39 is 0 Å². The standard InChI is InChI=1S/C13H24O/c1-2-3-4-5-6-7-8-9-10-11-12-13-14/h2,4-5,14H,1,3,6-13H2/b5-4-. The maximum Gasteiger partial charge on any atom is 0.0431 e. The van der Waals surface area contributed by atoms with Crippen molar-refractivity contribution in [2.24, 2.45) is 0 Å². The molecule has 0 heterocycles. The largest absolute Gasteiger partial charge is 0.396 e. The van der Waals surface area contributed by atoms with E-state index in [0.29, 0.717) is 6.61 Å². The van der Waals surface area contributed by atoms with Gasteiger partial charge in [0.2, 0.25) is 0 Å². The highest BCUT2D eigenvalue weighted by Crippen LogP contribution is 2.07. The van der Waals surface area contributed by atoms with Crippen molar-refractivity contribution < 1.29 is 5.11 Å². The second-order valence-corrected chi connectivity index (χ2v) is 3.63. The highest BCUT2D eigenvalue weighted by atomic mass is 16.2. The molecule has 1 heteroatoms. The maximum atomic E-state index is 8.57. The van der Waals surface area contributed by atoms with Gasteiger partial charge in [0.05, 0.1) is 0 Å². The molecule has 0 atom stereocenters. The van der Waals surface area contributed by atoms with Gasteiger partial charge in [-0.3, -0.25) is 0 Å². The minimum atomic E-state index is 0.351. The Morgan fingerprint density at radius 2 is 1.50 bits per heavy atom. The quantitative estimate of drug-likeness (QED) is 0.416. The second kappa shape index (κ2) is 12.4. The molecule has 0 aliphatic carbocycles. The summed E-state index contributed by atoms with van der Waals surface area (Å²) in [4.78, 5) is 0. The molecule has 0 aromatic heterocycles. The maximum absolute atomic E-state index is 8.57. The Kier molecular flexibility index (Phi) is 11.9. The zero-order valence-corrected chi connectivity index (χ0v) is 9.25. The predicted octanol–water partition coefficient (Wildman–Crippen LogP) is 3.84. The predicted molar refractivity (Wildman–Crippen MR) is 63.4 cm³/mol. The number of hydrogen-bond donors (Lipinski definition) is 1. The van der Waals surface area contributed by atoms with Crippen molar-refractivity contribution in [3.8, 4) is 0 Å². The third-order valence-electron chi connectivity index (χ3n) is 2.25. The first-order valence-corrected chi connectivity index (χ1v) is 5.78. The van der Waals surface area contributed by atoms with E-state index in [-0.39, 0.29) is 0 Å². The molecule has 1 N–H and O–H groups in total. The topological polar surface area (TPSA) is 20.2 Å². The summed E-state index contributed by atoms with van der Waals surface area (Å²) in [6.45, 7) is 4.02. The molecule has 0 aliphatic heterocycles. The third-order valence-corrected chi connectivity index (χ3v) is 2.25. The van der Waals surface area contributed by atoms with Crippen molar-refractivity contribution in [2.45, 2.75) is 51.4 Å². The van der Waals surface area contributed by atoms with Crippen molar-refractivity contribution in [1.29, 1.82) is 0 Å². The fraction of sp³-hybridized carbons (Fsp3) is 0.692. The molecule has 14 heavy (non-hydrogen) atoms. The Morgan fingerprint density at radius 3 is 2.14 bits per heavy atom. The first-order valence-electron chi connectivity index (χ1n) is 5.78. The molecule has 0 aromatic carbocycles. The molecular weight excluding hydrogens is 172 g/mol.